The summed E-state index contributed by atoms with van der Waals surface area (Å²) < 4.78 is 57.9. The SMILES string of the molecule is CC1(NCCSC(F)(F)F)CCS(=O)(=O)C1. The average molecular weight is 277 g/mol. The Kier molecular flexibility index (Phi) is 4.18. The van der Waals surface area contributed by atoms with Crippen molar-refractivity contribution in [1.82, 2.24) is 5.32 Å². The molecule has 16 heavy (non-hydrogen) atoms. The van der Waals surface area contributed by atoms with E-state index in [4.69, 9.17) is 0 Å². The van der Waals surface area contributed by atoms with Crippen LogP contribution in [0.25, 0.3) is 0 Å². The number of hydrogen-bond acceptors (Lipinski definition) is 4. The molecule has 0 radical (unpaired) electrons. The van der Waals surface area contributed by atoms with E-state index in [1.165, 1.54) is 0 Å². The quantitative estimate of drug-likeness (QED) is 0.789. The molecule has 1 fully saturated rings. The van der Waals surface area contributed by atoms with Gasteiger partial charge in [0.15, 0.2) is 9.84 Å². The lowest BCUT2D eigenvalue weighted by molar-refractivity contribution is -0.0327. The van der Waals surface area contributed by atoms with Gasteiger partial charge in [-0.3, -0.25) is 0 Å². The van der Waals surface area contributed by atoms with Crippen LogP contribution in [-0.4, -0.2) is 43.3 Å². The molecule has 1 unspecified atom stereocenters. The first-order valence-corrected chi connectivity index (χ1v) is 7.59. The Morgan fingerprint density at radius 2 is 2.06 bits per heavy atom. The van der Waals surface area contributed by atoms with Crippen LogP contribution < -0.4 is 5.32 Å². The van der Waals surface area contributed by atoms with Gasteiger partial charge in [-0.25, -0.2) is 8.42 Å². The molecule has 0 amide bonds. The maximum atomic E-state index is 11.8. The van der Waals surface area contributed by atoms with E-state index >= 15 is 0 Å². The molecule has 8 heteroatoms. The first-order valence-electron chi connectivity index (χ1n) is 4.78. The van der Waals surface area contributed by atoms with Crippen molar-refractivity contribution in [2.24, 2.45) is 0 Å². The van der Waals surface area contributed by atoms with Crippen LogP contribution in [0.1, 0.15) is 13.3 Å². The molecule has 0 aliphatic carbocycles. The van der Waals surface area contributed by atoms with Crippen LogP contribution >= 0.6 is 11.8 Å². The highest BCUT2D eigenvalue weighted by atomic mass is 32.2. The molecule has 1 N–H and O–H groups in total. The first kappa shape index (κ1) is 14.1. The van der Waals surface area contributed by atoms with Gasteiger partial charge in [0.05, 0.1) is 11.5 Å². The zero-order valence-corrected chi connectivity index (χ0v) is 10.4. The van der Waals surface area contributed by atoms with Crippen LogP contribution in [-0.2, 0) is 9.84 Å². The average Bonchev–Trinajstić information content (AvgIpc) is 2.34. The zero-order valence-electron chi connectivity index (χ0n) is 8.80. The fraction of sp³-hybridized carbons (Fsp3) is 1.00. The van der Waals surface area contributed by atoms with Crippen molar-refractivity contribution in [3.8, 4) is 0 Å². The van der Waals surface area contributed by atoms with Crippen molar-refractivity contribution in [1.29, 1.82) is 0 Å². The van der Waals surface area contributed by atoms with Crippen molar-refractivity contribution in [2.45, 2.75) is 24.4 Å². The van der Waals surface area contributed by atoms with Crippen molar-refractivity contribution in [3.63, 3.8) is 0 Å². The third kappa shape index (κ3) is 4.92. The molecule has 1 aliphatic heterocycles. The predicted octanol–water partition coefficient (Wildman–Crippen LogP) is 1.41. The highest BCUT2D eigenvalue weighted by molar-refractivity contribution is 8.00. The summed E-state index contributed by atoms with van der Waals surface area (Å²) in [6.45, 7) is 1.89. The molecular weight excluding hydrogens is 263 g/mol. The van der Waals surface area contributed by atoms with Crippen molar-refractivity contribution >= 4 is 21.6 Å². The van der Waals surface area contributed by atoms with E-state index < -0.39 is 20.9 Å². The Balaban J connectivity index is 2.29. The number of halogens is 3. The van der Waals surface area contributed by atoms with Gasteiger partial charge in [-0.15, -0.1) is 0 Å². The molecule has 3 nitrogen and oxygen atoms in total. The summed E-state index contributed by atoms with van der Waals surface area (Å²) >= 11 is -0.0964. The molecule has 96 valence electrons. The van der Waals surface area contributed by atoms with Crippen LogP contribution in [0, 0.1) is 0 Å². The molecule has 1 saturated heterocycles. The number of hydrogen-bond donors (Lipinski definition) is 1. The minimum absolute atomic E-state index is 0.0106. The zero-order chi connectivity index (χ0) is 12.4. The molecule has 0 aromatic rings. The highest BCUT2D eigenvalue weighted by Crippen LogP contribution is 2.30. The molecule has 0 spiro atoms. The van der Waals surface area contributed by atoms with Gasteiger partial charge in [0.1, 0.15) is 0 Å². The molecule has 0 bridgehead atoms. The second-order valence-electron chi connectivity index (χ2n) is 4.12. The predicted molar refractivity (Wildman–Crippen MR) is 58.2 cm³/mol. The number of nitrogens with one attached hydrogen (secondary N) is 1. The van der Waals surface area contributed by atoms with Crippen LogP contribution in [0.4, 0.5) is 13.2 Å². The summed E-state index contributed by atoms with van der Waals surface area (Å²) in [5.41, 5.74) is -4.78. The molecule has 1 atom stereocenters. The van der Waals surface area contributed by atoms with E-state index in [0.717, 1.165) is 0 Å². The van der Waals surface area contributed by atoms with E-state index in [9.17, 15) is 21.6 Å². The van der Waals surface area contributed by atoms with Crippen LogP contribution in [0.3, 0.4) is 0 Å². The lowest BCUT2D eigenvalue weighted by Gasteiger charge is -2.23. The molecule has 1 aliphatic rings. The standard InChI is InChI=1S/C8H14F3NO2S2/c1-7(2-5-16(13,14)6-7)12-3-4-15-8(9,10)11/h12H,2-6H2,1H3. The van der Waals surface area contributed by atoms with Crippen LogP contribution in [0.5, 0.6) is 0 Å². The number of alkyl halides is 3. The Morgan fingerprint density at radius 1 is 1.44 bits per heavy atom. The summed E-state index contributed by atoms with van der Waals surface area (Å²) in [5.74, 6) is 0.0265. The van der Waals surface area contributed by atoms with Crippen molar-refractivity contribution < 1.29 is 21.6 Å². The third-order valence-electron chi connectivity index (χ3n) is 2.42. The smallest absolute Gasteiger partial charge is 0.310 e. The van der Waals surface area contributed by atoms with Gasteiger partial charge in [-0.2, -0.15) is 13.2 Å². The topological polar surface area (TPSA) is 46.2 Å². The van der Waals surface area contributed by atoms with Gasteiger partial charge in [-0.05, 0) is 25.1 Å². The maximum Gasteiger partial charge on any atom is 0.441 e. The van der Waals surface area contributed by atoms with E-state index in [1.54, 1.807) is 6.92 Å². The van der Waals surface area contributed by atoms with Crippen LogP contribution in [0.2, 0.25) is 0 Å². The Morgan fingerprint density at radius 3 is 2.50 bits per heavy atom. The van der Waals surface area contributed by atoms with Gasteiger partial charge in [-0.1, -0.05) is 0 Å². The van der Waals surface area contributed by atoms with Gasteiger partial charge in [0.2, 0.25) is 0 Å². The van der Waals surface area contributed by atoms with E-state index in [0.29, 0.717) is 6.42 Å². The summed E-state index contributed by atoms with van der Waals surface area (Å²) in [7, 11) is -3.01. The monoisotopic (exact) mass is 277 g/mol. The van der Waals surface area contributed by atoms with Gasteiger partial charge in [0.25, 0.3) is 0 Å². The van der Waals surface area contributed by atoms with E-state index in [1.807, 2.05) is 0 Å². The molecule has 0 aromatic carbocycles. The Bertz CT molecular complexity index is 342. The third-order valence-corrected chi connectivity index (χ3v) is 5.06. The van der Waals surface area contributed by atoms with Crippen molar-refractivity contribution in [2.75, 3.05) is 23.8 Å². The number of sulfone groups is 1. The second-order valence-corrected chi connectivity index (χ2v) is 7.47. The second kappa shape index (κ2) is 4.73. The maximum absolute atomic E-state index is 11.8. The van der Waals surface area contributed by atoms with Gasteiger partial charge >= 0.3 is 5.51 Å². The first-order chi connectivity index (χ1) is 7.12. The summed E-state index contributed by atoms with van der Waals surface area (Å²) in [5, 5.41) is 2.89. The van der Waals surface area contributed by atoms with E-state index in [-0.39, 0.29) is 35.6 Å². The lowest BCUT2D eigenvalue weighted by Crippen LogP contribution is -2.44. The molecule has 1 rings (SSSR count). The summed E-state index contributed by atoms with van der Waals surface area (Å²) in [4.78, 5) is 0. The van der Waals surface area contributed by atoms with Gasteiger partial charge in [0, 0.05) is 17.8 Å². The summed E-state index contributed by atoms with van der Waals surface area (Å²) in [6.07, 6.45) is 0.464. The molecule has 1 heterocycles. The molecule has 0 saturated carbocycles. The van der Waals surface area contributed by atoms with E-state index in [2.05, 4.69) is 5.32 Å². The highest BCUT2D eigenvalue weighted by Gasteiger charge is 2.38. The Labute approximate surface area is 97.1 Å². The minimum atomic E-state index is -4.22. The lowest BCUT2D eigenvalue weighted by atomic mass is 10.0. The largest absolute Gasteiger partial charge is 0.441 e. The molecule has 0 aromatic heterocycles. The van der Waals surface area contributed by atoms with Gasteiger partial charge < -0.3 is 5.32 Å². The fourth-order valence-corrected chi connectivity index (χ4v) is 4.23. The number of thioether (sulfide) groups is 1. The Hall–Kier alpha value is 0.0500. The molecular formula is C8H14F3NO2S2. The minimum Gasteiger partial charge on any atom is -0.310 e. The normalized spacial score (nSPS) is 29.5. The van der Waals surface area contributed by atoms with Crippen molar-refractivity contribution in [3.05, 3.63) is 0 Å². The van der Waals surface area contributed by atoms with Crippen LogP contribution in [0.15, 0.2) is 0 Å². The number of rotatable bonds is 4. The fourth-order valence-electron chi connectivity index (χ4n) is 1.67. The summed E-state index contributed by atoms with van der Waals surface area (Å²) in [6, 6.07) is 0.